The van der Waals surface area contributed by atoms with Crippen molar-refractivity contribution in [3.8, 4) is 23.0 Å². The molecule has 0 saturated carbocycles. The van der Waals surface area contributed by atoms with Crippen LogP contribution in [0.2, 0.25) is 0 Å². The van der Waals surface area contributed by atoms with Crippen molar-refractivity contribution in [3.63, 3.8) is 0 Å². The van der Waals surface area contributed by atoms with Gasteiger partial charge in [-0.3, -0.25) is 9.59 Å². The zero-order valence-electron chi connectivity index (χ0n) is 15.4. The van der Waals surface area contributed by atoms with E-state index in [-0.39, 0.29) is 76.7 Å². The minimum absolute atomic E-state index is 0. The normalized spacial score (nSPS) is 7.38. The number of ether oxygens (including phenoxy) is 2. The number of rotatable bonds is 4. The second-order valence-corrected chi connectivity index (χ2v) is 4.13. The van der Waals surface area contributed by atoms with Gasteiger partial charge in [0.1, 0.15) is 24.1 Å². The maximum atomic E-state index is 10.9. The van der Waals surface area contributed by atoms with Crippen molar-refractivity contribution in [2.24, 2.45) is 5.34 Å². The van der Waals surface area contributed by atoms with E-state index >= 15 is 0 Å². The van der Waals surface area contributed by atoms with E-state index in [1.165, 1.54) is 50.6 Å². The summed E-state index contributed by atoms with van der Waals surface area (Å²) in [5.74, 6) is -0.0135. The van der Waals surface area contributed by atoms with Gasteiger partial charge in [-0.1, -0.05) is 35.8 Å². The Morgan fingerprint density at radius 3 is 1.28 bits per heavy atom. The van der Waals surface area contributed by atoms with Crippen molar-refractivity contribution in [1.29, 1.82) is 0 Å². The van der Waals surface area contributed by atoms with Gasteiger partial charge in [0, 0.05) is 11.1 Å². The minimum Gasteiger partial charge on any atom is -0.870 e. The molecule has 2 aromatic rings. The Morgan fingerprint density at radius 2 is 1.07 bits per heavy atom. The Balaban J connectivity index is -0.000000104. The van der Waals surface area contributed by atoms with Crippen molar-refractivity contribution >= 4 is 12.6 Å². The summed E-state index contributed by atoms with van der Waals surface area (Å²) in [5, 5.41) is 30.8. The number of benzene rings is 2. The second kappa shape index (κ2) is 21.8. The molecule has 0 amide bonds. The summed E-state index contributed by atoms with van der Waals surface area (Å²) in [6.45, 7) is 0. The molecular formula is C16H23ErNO11+3. The second-order valence-electron chi connectivity index (χ2n) is 4.13. The van der Waals surface area contributed by atoms with Gasteiger partial charge in [-0.25, -0.2) is 0 Å². The molecule has 2 aromatic carbocycles. The fraction of sp³-hybridized carbons (Fsp3) is 0.125. The number of methoxy groups -OCH3 is 2. The van der Waals surface area contributed by atoms with Gasteiger partial charge >= 0.3 is 37.3 Å². The molecule has 1 radical (unpaired) electrons. The molecule has 12 nitrogen and oxygen atoms in total. The summed E-state index contributed by atoms with van der Waals surface area (Å²) in [5.41, 5.74) is 0.892. The number of aldehydes is 2. The van der Waals surface area contributed by atoms with Gasteiger partial charge < -0.3 is 46.2 Å². The molecule has 0 aliphatic heterocycles. The molecule has 0 heterocycles. The zero-order chi connectivity index (χ0) is 19.2. The van der Waals surface area contributed by atoms with Crippen LogP contribution in [0.25, 0.3) is 0 Å². The number of hydrogen-bond acceptors (Lipinski definition) is 9. The van der Waals surface area contributed by atoms with E-state index in [2.05, 4.69) is 0 Å². The van der Waals surface area contributed by atoms with Crippen LogP contribution in [0.15, 0.2) is 41.7 Å². The van der Waals surface area contributed by atoms with Crippen LogP contribution >= 0.6 is 0 Å². The first-order valence-corrected chi connectivity index (χ1v) is 6.52. The van der Waals surface area contributed by atoms with Crippen LogP contribution in [0.4, 0.5) is 0 Å². The molecule has 13 heteroatoms. The monoisotopic (exact) mass is 571 g/mol. The molecule has 167 valence electrons. The summed E-state index contributed by atoms with van der Waals surface area (Å²) >= 11 is 0. The minimum atomic E-state index is -0.210. The van der Waals surface area contributed by atoms with Gasteiger partial charge in [0.05, 0.1) is 14.2 Å². The average Bonchev–Trinajstić information content (AvgIpc) is 2.64. The Kier molecular flexibility index (Phi) is 28.0. The quantitative estimate of drug-likeness (QED) is 0.183. The Hall–Kier alpha value is -2.49. The standard InChI is InChI=1S/2C8H8O3.Er.HNO2.3H2O/c2*1-11-8-4-6(5-9)2-3-7(8)10;;2-1-3;;;/h2*2-5,10H,1H3;;(H,2,3);3*1H2/q;;+3;;;;. The maximum Gasteiger partial charge on any atom is 3.00 e. The topological polar surface area (TPSA) is 250 Å². The van der Waals surface area contributed by atoms with Crippen molar-refractivity contribution in [2.45, 2.75) is 0 Å². The fourth-order valence-electron chi connectivity index (χ4n) is 1.51. The van der Waals surface area contributed by atoms with Gasteiger partial charge in [-0.05, 0) is 12.1 Å². The van der Waals surface area contributed by atoms with E-state index in [0.717, 1.165) is 5.34 Å². The molecule has 9 N–H and O–H groups in total. The van der Waals surface area contributed by atoms with Crippen molar-refractivity contribution in [3.05, 3.63) is 57.6 Å². The van der Waals surface area contributed by atoms with Crippen LogP contribution in [0.5, 0.6) is 23.0 Å². The molecule has 0 aliphatic rings. The average molecular weight is 573 g/mol. The van der Waals surface area contributed by atoms with E-state index in [9.17, 15) is 19.8 Å². The van der Waals surface area contributed by atoms with Gasteiger partial charge in [-0.2, -0.15) is 0 Å². The molecule has 0 saturated heterocycles. The van der Waals surface area contributed by atoms with Gasteiger partial charge in [0.25, 0.3) is 0 Å². The molecule has 0 spiro atoms. The molecule has 0 bridgehead atoms. The summed E-state index contributed by atoms with van der Waals surface area (Å²) in [6.07, 6.45) is 1.34. The molecule has 29 heavy (non-hydrogen) atoms. The Morgan fingerprint density at radius 1 is 0.793 bits per heavy atom. The molecule has 0 unspecified atom stereocenters. The van der Waals surface area contributed by atoms with Gasteiger partial charge in [-0.15, -0.1) is 5.34 Å². The first kappa shape index (κ1) is 37.3. The molecule has 0 aromatic heterocycles. The summed E-state index contributed by atoms with van der Waals surface area (Å²) in [7, 11) is 2.79. The Bertz CT molecular complexity index is 656. The van der Waals surface area contributed by atoms with E-state index in [0.29, 0.717) is 23.7 Å². The van der Waals surface area contributed by atoms with E-state index in [4.69, 9.17) is 19.6 Å². The smallest absolute Gasteiger partial charge is 0.870 e. The molecular weight excluding hydrogens is 549 g/mol. The van der Waals surface area contributed by atoms with Crippen LogP contribution in [0.3, 0.4) is 0 Å². The van der Waals surface area contributed by atoms with Crippen molar-refractivity contribution in [1.82, 2.24) is 0 Å². The summed E-state index contributed by atoms with van der Waals surface area (Å²) < 4.78 is 9.43. The SMILES string of the molecule is COc1cc(C=O)ccc1[O-].COc1cc(C=O)ccc1[O-].O=N[O-].[Er+3].[OH3+].[OH3+].[OH3+]. The zero-order valence-corrected chi connectivity index (χ0v) is 17.2. The predicted molar refractivity (Wildman–Crippen MR) is 99.4 cm³/mol. The van der Waals surface area contributed by atoms with Crippen LogP contribution in [0, 0.1) is 47.4 Å². The van der Waals surface area contributed by atoms with E-state index in [1.807, 2.05) is 0 Å². The fourth-order valence-corrected chi connectivity index (χ4v) is 1.51. The van der Waals surface area contributed by atoms with E-state index in [1.54, 1.807) is 0 Å². The van der Waals surface area contributed by atoms with Crippen LogP contribution < -0.4 is 19.7 Å². The van der Waals surface area contributed by atoms with Gasteiger partial charge in [0.2, 0.25) is 0 Å². The largest absolute Gasteiger partial charge is 3.00 e. The Labute approximate surface area is 195 Å². The molecule has 0 atom stereocenters. The third-order valence-corrected chi connectivity index (χ3v) is 2.65. The van der Waals surface area contributed by atoms with Crippen LogP contribution in [-0.2, 0) is 16.4 Å². The van der Waals surface area contributed by atoms with Crippen molar-refractivity contribution in [2.75, 3.05) is 14.2 Å². The third kappa shape index (κ3) is 14.2. The molecule has 0 fully saturated rings. The summed E-state index contributed by atoms with van der Waals surface area (Å²) in [4.78, 5) is 28.5. The number of nitrogens with zero attached hydrogens (tertiary/aromatic N) is 1. The number of hydrogen-bond donors (Lipinski definition) is 0. The van der Waals surface area contributed by atoms with Crippen LogP contribution in [0.1, 0.15) is 20.7 Å². The first-order chi connectivity index (χ1) is 12.0. The van der Waals surface area contributed by atoms with Gasteiger partial charge in [0.15, 0.2) is 0 Å². The third-order valence-electron chi connectivity index (χ3n) is 2.65. The number of carbonyl (C=O) groups is 2. The maximum absolute atomic E-state index is 10.9. The first-order valence-electron chi connectivity index (χ1n) is 6.52. The van der Waals surface area contributed by atoms with Crippen LogP contribution in [-0.4, -0.2) is 26.8 Å². The summed E-state index contributed by atoms with van der Waals surface area (Å²) in [6, 6.07) is 8.35. The van der Waals surface area contributed by atoms with Crippen molar-refractivity contribution < 1.29 is 83.0 Å². The number of carbonyl (C=O) groups excluding carboxylic acids is 2. The van der Waals surface area contributed by atoms with E-state index < -0.39 is 0 Å². The molecule has 0 aliphatic carbocycles. The predicted octanol–water partition coefficient (Wildman–Crippen LogP) is -1.35. The molecule has 2 rings (SSSR count).